The minimum absolute atomic E-state index is 0.0106. The van der Waals surface area contributed by atoms with E-state index in [9.17, 15) is 4.79 Å². The van der Waals surface area contributed by atoms with Gasteiger partial charge in [0.15, 0.2) is 11.5 Å². The van der Waals surface area contributed by atoms with E-state index in [4.69, 9.17) is 9.47 Å². The third-order valence-corrected chi connectivity index (χ3v) is 3.90. The predicted molar refractivity (Wildman–Crippen MR) is 79.1 cm³/mol. The number of carbonyl (C=O) groups is 1. The van der Waals surface area contributed by atoms with Gasteiger partial charge in [-0.1, -0.05) is 5.21 Å². The van der Waals surface area contributed by atoms with Gasteiger partial charge in [-0.05, 0) is 24.6 Å². The second-order valence-corrected chi connectivity index (χ2v) is 5.15. The molecule has 1 amide bonds. The van der Waals surface area contributed by atoms with E-state index in [0.717, 1.165) is 6.42 Å². The number of methoxy groups -OCH3 is 2. The molecule has 1 aromatic carbocycles. The normalized spacial score (nSPS) is 17.5. The molecule has 0 aliphatic carbocycles. The molecule has 22 heavy (non-hydrogen) atoms. The van der Waals surface area contributed by atoms with Gasteiger partial charge in [0.1, 0.15) is 0 Å². The van der Waals surface area contributed by atoms with Crippen LogP contribution in [0.4, 0.5) is 0 Å². The first-order valence-corrected chi connectivity index (χ1v) is 7.10. The summed E-state index contributed by atoms with van der Waals surface area (Å²) in [6.45, 7) is 1.34. The Balaban J connectivity index is 1.75. The number of aromatic nitrogens is 3. The van der Waals surface area contributed by atoms with Gasteiger partial charge >= 0.3 is 0 Å². The van der Waals surface area contributed by atoms with Crippen LogP contribution < -0.4 is 9.47 Å². The zero-order valence-corrected chi connectivity index (χ0v) is 12.6. The highest BCUT2D eigenvalue weighted by atomic mass is 16.5. The molecule has 1 fully saturated rings. The fraction of sp³-hybridized carbons (Fsp3) is 0.400. The fourth-order valence-corrected chi connectivity index (χ4v) is 2.71. The molecular formula is C15H18N4O3. The van der Waals surface area contributed by atoms with Gasteiger partial charge in [-0.3, -0.25) is 4.79 Å². The van der Waals surface area contributed by atoms with Crippen LogP contribution >= 0.6 is 0 Å². The number of likely N-dealkylation sites (tertiary alicyclic amines) is 1. The number of hydrogen-bond acceptors (Lipinski definition) is 5. The molecule has 0 N–H and O–H groups in total. The van der Waals surface area contributed by atoms with Crippen molar-refractivity contribution in [2.45, 2.75) is 12.5 Å². The van der Waals surface area contributed by atoms with E-state index in [-0.39, 0.29) is 11.9 Å². The quantitative estimate of drug-likeness (QED) is 0.853. The summed E-state index contributed by atoms with van der Waals surface area (Å²) in [6, 6.07) is 5.40. The number of benzene rings is 1. The third kappa shape index (κ3) is 2.61. The fourth-order valence-electron chi connectivity index (χ4n) is 2.71. The molecule has 0 bridgehead atoms. The van der Waals surface area contributed by atoms with Crippen molar-refractivity contribution in [2.75, 3.05) is 27.3 Å². The molecule has 2 heterocycles. The zero-order chi connectivity index (χ0) is 15.5. The lowest BCUT2D eigenvalue weighted by Gasteiger charge is -2.17. The average molecular weight is 302 g/mol. The highest BCUT2D eigenvalue weighted by Gasteiger charge is 2.28. The van der Waals surface area contributed by atoms with Gasteiger partial charge in [0.25, 0.3) is 5.91 Å². The Kier molecular flexibility index (Phi) is 3.95. The van der Waals surface area contributed by atoms with Crippen molar-refractivity contribution in [3.8, 4) is 11.5 Å². The number of hydrogen-bond donors (Lipinski definition) is 0. The molecule has 1 atom stereocenters. The standard InChI is InChI=1S/C15H18N4O3/c1-21-13-4-3-11(9-14(13)22-2)15(20)18-7-5-12(10-18)19-8-6-16-17-19/h3-4,6,8-9,12H,5,7,10H2,1-2H3. The summed E-state index contributed by atoms with van der Waals surface area (Å²) in [5, 5.41) is 7.82. The summed E-state index contributed by atoms with van der Waals surface area (Å²) >= 11 is 0. The lowest BCUT2D eigenvalue weighted by atomic mass is 10.1. The van der Waals surface area contributed by atoms with E-state index in [1.807, 2.05) is 15.8 Å². The first-order valence-electron chi connectivity index (χ1n) is 7.10. The molecule has 2 aromatic rings. The van der Waals surface area contributed by atoms with Crippen LogP contribution in [-0.4, -0.2) is 53.1 Å². The van der Waals surface area contributed by atoms with Crippen molar-refractivity contribution in [3.63, 3.8) is 0 Å². The van der Waals surface area contributed by atoms with Crippen LogP contribution in [0.1, 0.15) is 22.8 Å². The molecular weight excluding hydrogens is 284 g/mol. The Labute approximate surface area is 128 Å². The van der Waals surface area contributed by atoms with Crippen LogP contribution in [-0.2, 0) is 0 Å². The molecule has 3 rings (SSSR count). The SMILES string of the molecule is COc1ccc(C(=O)N2CCC(n3ccnn3)C2)cc1OC. The van der Waals surface area contributed by atoms with E-state index < -0.39 is 0 Å². The second-order valence-electron chi connectivity index (χ2n) is 5.15. The molecule has 1 unspecified atom stereocenters. The van der Waals surface area contributed by atoms with Crippen LogP contribution in [0.3, 0.4) is 0 Å². The van der Waals surface area contributed by atoms with Gasteiger partial charge < -0.3 is 14.4 Å². The maximum absolute atomic E-state index is 12.6. The molecule has 0 saturated carbocycles. The number of rotatable bonds is 4. The molecule has 0 spiro atoms. The van der Waals surface area contributed by atoms with Crippen molar-refractivity contribution in [3.05, 3.63) is 36.2 Å². The minimum atomic E-state index is -0.0106. The molecule has 0 radical (unpaired) electrons. The molecule has 1 aliphatic heterocycles. The summed E-state index contributed by atoms with van der Waals surface area (Å²) < 4.78 is 12.3. The molecule has 1 aromatic heterocycles. The highest BCUT2D eigenvalue weighted by molar-refractivity contribution is 5.95. The van der Waals surface area contributed by atoms with Crippen molar-refractivity contribution < 1.29 is 14.3 Å². The Bertz CT molecular complexity index is 657. The summed E-state index contributed by atoms with van der Waals surface area (Å²) in [5.74, 6) is 1.16. The Morgan fingerprint density at radius 1 is 1.27 bits per heavy atom. The van der Waals surface area contributed by atoms with E-state index in [1.54, 1.807) is 38.6 Å². The van der Waals surface area contributed by atoms with Crippen LogP contribution in [0.25, 0.3) is 0 Å². The number of nitrogens with zero attached hydrogens (tertiary/aromatic N) is 4. The van der Waals surface area contributed by atoms with Gasteiger partial charge in [-0.25, -0.2) is 4.68 Å². The van der Waals surface area contributed by atoms with E-state index in [0.29, 0.717) is 30.2 Å². The lowest BCUT2D eigenvalue weighted by molar-refractivity contribution is 0.0786. The number of carbonyl (C=O) groups excluding carboxylic acids is 1. The Morgan fingerprint density at radius 3 is 2.77 bits per heavy atom. The number of ether oxygens (including phenoxy) is 2. The largest absolute Gasteiger partial charge is 0.493 e. The number of amides is 1. The lowest BCUT2D eigenvalue weighted by Crippen LogP contribution is -2.29. The third-order valence-electron chi connectivity index (χ3n) is 3.90. The van der Waals surface area contributed by atoms with E-state index in [2.05, 4.69) is 10.3 Å². The molecule has 7 heteroatoms. The van der Waals surface area contributed by atoms with Gasteiger partial charge in [0.05, 0.1) is 26.5 Å². The van der Waals surface area contributed by atoms with Gasteiger partial charge in [-0.15, -0.1) is 5.10 Å². The maximum atomic E-state index is 12.6. The van der Waals surface area contributed by atoms with Gasteiger partial charge in [-0.2, -0.15) is 0 Å². The van der Waals surface area contributed by atoms with Crippen LogP contribution in [0.15, 0.2) is 30.6 Å². The predicted octanol–water partition coefficient (Wildman–Crippen LogP) is 1.38. The van der Waals surface area contributed by atoms with Crippen molar-refractivity contribution in [2.24, 2.45) is 0 Å². The topological polar surface area (TPSA) is 69.5 Å². The van der Waals surface area contributed by atoms with Crippen molar-refractivity contribution in [1.29, 1.82) is 0 Å². The smallest absolute Gasteiger partial charge is 0.254 e. The second kappa shape index (κ2) is 6.05. The minimum Gasteiger partial charge on any atom is -0.493 e. The molecule has 1 aliphatic rings. The van der Waals surface area contributed by atoms with Gasteiger partial charge in [0.2, 0.25) is 0 Å². The summed E-state index contributed by atoms with van der Waals surface area (Å²) in [4.78, 5) is 14.4. The summed E-state index contributed by atoms with van der Waals surface area (Å²) in [7, 11) is 3.13. The first-order chi connectivity index (χ1) is 10.7. The summed E-state index contributed by atoms with van der Waals surface area (Å²) in [6.07, 6.45) is 4.36. The molecule has 7 nitrogen and oxygen atoms in total. The van der Waals surface area contributed by atoms with Crippen LogP contribution in [0, 0.1) is 0 Å². The molecule has 1 saturated heterocycles. The van der Waals surface area contributed by atoms with Crippen LogP contribution in [0.2, 0.25) is 0 Å². The summed E-state index contributed by atoms with van der Waals surface area (Å²) in [5.41, 5.74) is 0.594. The van der Waals surface area contributed by atoms with Gasteiger partial charge in [0, 0.05) is 24.8 Å². The maximum Gasteiger partial charge on any atom is 0.254 e. The van der Waals surface area contributed by atoms with Crippen LogP contribution in [0.5, 0.6) is 11.5 Å². The average Bonchev–Trinajstić information content (AvgIpc) is 3.24. The van der Waals surface area contributed by atoms with Crippen molar-refractivity contribution in [1.82, 2.24) is 19.9 Å². The van der Waals surface area contributed by atoms with E-state index >= 15 is 0 Å². The monoisotopic (exact) mass is 302 g/mol. The molecule has 116 valence electrons. The van der Waals surface area contributed by atoms with Crippen molar-refractivity contribution >= 4 is 5.91 Å². The first kappa shape index (κ1) is 14.4. The zero-order valence-electron chi connectivity index (χ0n) is 12.6. The highest BCUT2D eigenvalue weighted by Crippen LogP contribution is 2.29. The Morgan fingerprint density at radius 2 is 2.09 bits per heavy atom. The van der Waals surface area contributed by atoms with E-state index in [1.165, 1.54) is 0 Å². The Hall–Kier alpha value is -2.57.